The molecular weight excluding hydrogens is 260 g/mol. The Balaban J connectivity index is 2.24. The van der Waals surface area contributed by atoms with Gasteiger partial charge in [-0.1, -0.05) is 0 Å². The lowest BCUT2D eigenvalue weighted by atomic mass is 10.2. The molecule has 0 unspecified atom stereocenters. The van der Waals surface area contributed by atoms with Gasteiger partial charge in [0.05, 0.1) is 5.56 Å². The minimum Gasteiger partial charge on any atom is -0.478 e. The molecule has 20 heavy (non-hydrogen) atoms. The van der Waals surface area contributed by atoms with Crippen molar-refractivity contribution in [3.63, 3.8) is 0 Å². The number of carbonyl (C=O) groups is 2. The van der Waals surface area contributed by atoms with Gasteiger partial charge in [0.2, 0.25) is 5.91 Å². The van der Waals surface area contributed by atoms with Crippen molar-refractivity contribution >= 4 is 22.9 Å². The number of hydrogen-bond acceptors (Lipinski definition) is 4. The van der Waals surface area contributed by atoms with Gasteiger partial charge in [-0.15, -0.1) is 0 Å². The van der Waals surface area contributed by atoms with E-state index in [9.17, 15) is 9.59 Å². The van der Waals surface area contributed by atoms with Gasteiger partial charge in [0.1, 0.15) is 17.6 Å². The van der Waals surface area contributed by atoms with E-state index in [-0.39, 0.29) is 18.0 Å². The highest BCUT2D eigenvalue weighted by Crippen LogP contribution is 2.11. The number of carbonyl (C=O) groups excluding carboxylic acids is 1. The third-order valence-electron chi connectivity index (χ3n) is 3.06. The summed E-state index contributed by atoms with van der Waals surface area (Å²) in [4.78, 5) is 25.8. The predicted octanol–water partition coefficient (Wildman–Crippen LogP) is 0.998. The zero-order chi connectivity index (χ0) is 14.7. The van der Waals surface area contributed by atoms with Gasteiger partial charge in [0.15, 0.2) is 0 Å². The molecule has 0 aliphatic heterocycles. The fourth-order valence-electron chi connectivity index (χ4n) is 1.96. The molecule has 0 bridgehead atoms. The van der Waals surface area contributed by atoms with Gasteiger partial charge in [0, 0.05) is 13.1 Å². The number of aromatic nitrogens is 3. The van der Waals surface area contributed by atoms with Gasteiger partial charge < -0.3 is 10.0 Å². The third kappa shape index (κ3) is 2.76. The molecule has 0 saturated carbocycles. The van der Waals surface area contributed by atoms with Crippen molar-refractivity contribution in [3.8, 4) is 0 Å². The first kappa shape index (κ1) is 14.0. The Morgan fingerprint density at radius 3 is 2.45 bits per heavy atom. The van der Waals surface area contributed by atoms with Crippen LogP contribution in [0.4, 0.5) is 0 Å². The number of amides is 1. The van der Waals surface area contributed by atoms with Crippen LogP contribution < -0.4 is 0 Å². The molecule has 7 heteroatoms. The van der Waals surface area contributed by atoms with Crippen LogP contribution in [0, 0.1) is 0 Å². The topological polar surface area (TPSA) is 88.3 Å². The van der Waals surface area contributed by atoms with E-state index in [4.69, 9.17) is 5.11 Å². The highest BCUT2D eigenvalue weighted by molar-refractivity contribution is 5.92. The van der Waals surface area contributed by atoms with Gasteiger partial charge in [-0.05, 0) is 32.0 Å². The minimum absolute atomic E-state index is 0.0543. The molecule has 0 atom stereocenters. The molecule has 2 rings (SSSR count). The van der Waals surface area contributed by atoms with E-state index in [1.165, 1.54) is 16.9 Å². The van der Waals surface area contributed by atoms with Crippen LogP contribution in [0.15, 0.2) is 18.2 Å². The van der Waals surface area contributed by atoms with E-state index >= 15 is 0 Å². The second kappa shape index (κ2) is 5.68. The lowest BCUT2D eigenvalue weighted by molar-refractivity contribution is -0.131. The summed E-state index contributed by atoms with van der Waals surface area (Å²) in [6.45, 7) is 5.15. The van der Waals surface area contributed by atoms with Crippen molar-refractivity contribution < 1.29 is 14.7 Å². The van der Waals surface area contributed by atoms with Crippen LogP contribution in [0.5, 0.6) is 0 Å². The maximum Gasteiger partial charge on any atom is 0.335 e. The average Bonchev–Trinajstić information content (AvgIpc) is 2.80. The van der Waals surface area contributed by atoms with Crippen LogP contribution in [0.3, 0.4) is 0 Å². The highest BCUT2D eigenvalue weighted by atomic mass is 16.4. The summed E-state index contributed by atoms with van der Waals surface area (Å²) >= 11 is 0. The zero-order valence-electron chi connectivity index (χ0n) is 11.4. The molecule has 2 aromatic rings. The monoisotopic (exact) mass is 276 g/mol. The summed E-state index contributed by atoms with van der Waals surface area (Å²) in [6, 6.07) is 4.50. The summed E-state index contributed by atoms with van der Waals surface area (Å²) in [7, 11) is 0. The van der Waals surface area contributed by atoms with Crippen LogP contribution in [-0.4, -0.2) is 50.0 Å². The van der Waals surface area contributed by atoms with Crippen LogP contribution in [0.25, 0.3) is 11.0 Å². The van der Waals surface area contributed by atoms with Crippen molar-refractivity contribution in [2.24, 2.45) is 0 Å². The largest absolute Gasteiger partial charge is 0.478 e. The van der Waals surface area contributed by atoms with Crippen molar-refractivity contribution in [1.82, 2.24) is 19.9 Å². The molecule has 1 aromatic heterocycles. The number of hydrogen-bond donors (Lipinski definition) is 1. The molecular formula is C13H16N4O3. The number of aromatic carboxylic acids is 1. The highest BCUT2D eigenvalue weighted by Gasteiger charge is 2.13. The number of rotatable bonds is 5. The number of carboxylic acids is 1. The zero-order valence-corrected chi connectivity index (χ0v) is 11.4. The molecule has 1 N–H and O–H groups in total. The predicted molar refractivity (Wildman–Crippen MR) is 72.4 cm³/mol. The molecule has 1 aromatic carbocycles. The van der Waals surface area contributed by atoms with Crippen LogP contribution in [0.1, 0.15) is 24.2 Å². The molecule has 0 aliphatic rings. The summed E-state index contributed by atoms with van der Waals surface area (Å²) in [5.74, 6) is -1.07. The fourth-order valence-corrected chi connectivity index (χ4v) is 1.96. The number of carboxylic acid groups (broad SMARTS) is 1. The minimum atomic E-state index is -1.01. The standard InChI is InChI=1S/C13H16N4O3/c1-3-16(4-2)12(18)8-17-14-10-6-5-9(13(19)20)7-11(10)15-17/h5-7H,3-4,8H2,1-2H3,(H,19,20). The SMILES string of the molecule is CCN(CC)C(=O)Cn1nc2ccc(C(=O)O)cc2n1. The molecule has 7 nitrogen and oxygen atoms in total. The smallest absolute Gasteiger partial charge is 0.335 e. The van der Waals surface area contributed by atoms with E-state index in [0.29, 0.717) is 24.1 Å². The van der Waals surface area contributed by atoms with Crippen LogP contribution in [0.2, 0.25) is 0 Å². The third-order valence-corrected chi connectivity index (χ3v) is 3.06. The first-order valence-electron chi connectivity index (χ1n) is 6.41. The molecule has 0 aliphatic carbocycles. The van der Waals surface area contributed by atoms with Gasteiger partial charge in [-0.2, -0.15) is 15.0 Å². The van der Waals surface area contributed by atoms with Crippen LogP contribution in [-0.2, 0) is 11.3 Å². The Morgan fingerprint density at radius 1 is 1.20 bits per heavy atom. The maximum absolute atomic E-state index is 12.0. The summed E-state index contributed by atoms with van der Waals surface area (Å²) in [5, 5.41) is 17.2. The Bertz CT molecular complexity index is 646. The Morgan fingerprint density at radius 2 is 1.85 bits per heavy atom. The second-order valence-corrected chi connectivity index (χ2v) is 4.31. The Hall–Kier alpha value is -2.44. The number of fused-ring (bicyclic) bond motifs is 1. The average molecular weight is 276 g/mol. The molecule has 0 fully saturated rings. The molecule has 0 spiro atoms. The van der Waals surface area contributed by atoms with Gasteiger partial charge in [0.25, 0.3) is 0 Å². The van der Waals surface area contributed by atoms with Gasteiger partial charge in [-0.25, -0.2) is 4.79 Å². The lowest BCUT2D eigenvalue weighted by Gasteiger charge is -2.17. The molecule has 106 valence electrons. The van der Waals surface area contributed by atoms with Crippen molar-refractivity contribution in [3.05, 3.63) is 23.8 Å². The summed E-state index contributed by atoms with van der Waals surface area (Å²) in [6.07, 6.45) is 0. The molecule has 0 radical (unpaired) electrons. The van der Waals surface area contributed by atoms with Crippen molar-refractivity contribution in [2.75, 3.05) is 13.1 Å². The first-order chi connectivity index (χ1) is 9.55. The fraction of sp³-hybridized carbons (Fsp3) is 0.385. The summed E-state index contributed by atoms with van der Waals surface area (Å²) in [5.41, 5.74) is 1.19. The van der Waals surface area contributed by atoms with E-state index in [2.05, 4.69) is 10.2 Å². The van der Waals surface area contributed by atoms with E-state index in [1.807, 2.05) is 13.8 Å². The second-order valence-electron chi connectivity index (χ2n) is 4.31. The molecule has 1 heterocycles. The molecule has 0 saturated heterocycles. The van der Waals surface area contributed by atoms with E-state index in [1.54, 1.807) is 11.0 Å². The number of likely N-dealkylation sites (N-methyl/N-ethyl adjacent to an activating group) is 1. The number of benzene rings is 1. The van der Waals surface area contributed by atoms with Crippen LogP contribution >= 0.6 is 0 Å². The summed E-state index contributed by atoms with van der Waals surface area (Å²) < 4.78 is 0. The number of nitrogens with zero attached hydrogens (tertiary/aromatic N) is 4. The Kier molecular flexibility index (Phi) is 3.97. The molecule has 1 amide bonds. The van der Waals surface area contributed by atoms with E-state index in [0.717, 1.165) is 0 Å². The van der Waals surface area contributed by atoms with Gasteiger partial charge >= 0.3 is 5.97 Å². The van der Waals surface area contributed by atoms with Gasteiger partial charge in [-0.3, -0.25) is 4.79 Å². The maximum atomic E-state index is 12.0. The van der Waals surface area contributed by atoms with Crippen molar-refractivity contribution in [2.45, 2.75) is 20.4 Å². The quantitative estimate of drug-likeness (QED) is 0.880. The van der Waals surface area contributed by atoms with E-state index < -0.39 is 5.97 Å². The normalized spacial score (nSPS) is 10.7. The first-order valence-corrected chi connectivity index (χ1v) is 6.41. The van der Waals surface area contributed by atoms with Crippen molar-refractivity contribution in [1.29, 1.82) is 0 Å². The lowest BCUT2D eigenvalue weighted by Crippen LogP contribution is -2.33. The Labute approximate surface area is 115 Å².